The van der Waals surface area contributed by atoms with Crippen LogP contribution in [0.3, 0.4) is 0 Å². The summed E-state index contributed by atoms with van der Waals surface area (Å²) in [5, 5.41) is 0. The highest BCUT2D eigenvalue weighted by atomic mass is 32.1. The van der Waals surface area contributed by atoms with E-state index in [-0.39, 0.29) is 0 Å². The highest BCUT2D eigenvalue weighted by Crippen LogP contribution is 2.19. The Bertz CT molecular complexity index is 186. The fourth-order valence-corrected chi connectivity index (χ4v) is 2.54. The van der Waals surface area contributed by atoms with E-state index in [4.69, 9.17) is 4.74 Å². The van der Waals surface area contributed by atoms with Gasteiger partial charge in [0, 0.05) is 19.1 Å². The molecule has 3 atom stereocenters. The quantitative estimate of drug-likeness (QED) is 0.745. The standard InChI is InChI=1S/C12H25NOS/c1-9(2)12(8-15)6-13-5-11(4)14-7-10(13)3/h9-12,15H,5-8H2,1-4H3. The van der Waals surface area contributed by atoms with Crippen molar-refractivity contribution in [2.75, 3.05) is 25.4 Å². The third kappa shape index (κ3) is 3.97. The summed E-state index contributed by atoms with van der Waals surface area (Å²) in [6, 6.07) is 0.558. The van der Waals surface area contributed by atoms with Gasteiger partial charge < -0.3 is 4.74 Å². The molecule has 0 bridgehead atoms. The predicted octanol–water partition coefficient (Wildman–Crippen LogP) is 2.30. The summed E-state index contributed by atoms with van der Waals surface area (Å²) in [5.74, 6) is 2.39. The van der Waals surface area contributed by atoms with Crippen LogP contribution in [0.15, 0.2) is 0 Å². The minimum Gasteiger partial charge on any atom is -0.376 e. The van der Waals surface area contributed by atoms with Crippen molar-refractivity contribution >= 4 is 12.6 Å². The highest BCUT2D eigenvalue weighted by Gasteiger charge is 2.26. The van der Waals surface area contributed by atoms with Crippen LogP contribution in [-0.2, 0) is 4.74 Å². The zero-order chi connectivity index (χ0) is 11.4. The Kier molecular flexibility index (Phi) is 5.44. The van der Waals surface area contributed by atoms with E-state index < -0.39 is 0 Å². The minimum absolute atomic E-state index is 0.383. The lowest BCUT2D eigenvalue weighted by molar-refractivity contribution is -0.0550. The average molecular weight is 231 g/mol. The van der Waals surface area contributed by atoms with Gasteiger partial charge in [-0.05, 0) is 31.4 Å². The summed E-state index contributed by atoms with van der Waals surface area (Å²) in [7, 11) is 0. The van der Waals surface area contributed by atoms with Gasteiger partial charge >= 0.3 is 0 Å². The largest absolute Gasteiger partial charge is 0.376 e. The number of morpholine rings is 1. The van der Waals surface area contributed by atoms with Crippen molar-refractivity contribution in [3.8, 4) is 0 Å². The van der Waals surface area contributed by atoms with Crippen LogP contribution in [-0.4, -0.2) is 42.5 Å². The molecule has 0 aromatic rings. The fourth-order valence-electron chi connectivity index (χ4n) is 2.01. The first-order chi connectivity index (χ1) is 7.04. The first-order valence-corrected chi connectivity index (χ1v) is 6.64. The SMILES string of the molecule is CC1CN(CC(CS)C(C)C)C(C)CO1. The average Bonchev–Trinajstić information content (AvgIpc) is 2.18. The Hall–Kier alpha value is 0.270. The molecular weight excluding hydrogens is 206 g/mol. The molecule has 1 aliphatic rings. The highest BCUT2D eigenvalue weighted by molar-refractivity contribution is 7.80. The van der Waals surface area contributed by atoms with E-state index in [0.29, 0.717) is 24.0 Å². The number of hydrogen-bond acceptors (Lipinski definition) is 3. The van der Waals surface area contributed by atoms with E-state index in [1.165, 1.54) is 0 Å². The molecule has 0 saturated carbocycles. The van der Waals surface area contributed by atoms with Crippen molar-refractivity contribution in [2.24, 2.45) is 11.8 Å². The van der Waals surface area contributed by atoms with Crippen molar-refractivity contribution < 1.29 is 4.74 Å². The van der Waals surface area contributed by atoms with E-state index in [0.717, 1.165) is 25.4 Å². The van der Waals surface area contributed by atoms with Gasteiger partial charge in [-0.3, -0.25) is 4.90 Å². The molecule has 0 N–H and O–H groups in total. The van der Waals surface area contributed by atoms with Crippen LogP contribution < -0.4 is 0 Å². The normalized spacial score (nSPS) is 30.8. The van der Waals surface area contributed by atoms with E-state index in [9.17, 15) is 0 Å². The molecule has 2 nitrogen and oxygen atoms in total. The second-order valence-electron chi connectivity index (χ2n) is 5.13. The molecule has 0 radical (unpaired) electrons. The minimum atomic E-state index is 0.383. The Morgan fingerprint density at radius 3 is 2.60 bits per heavy atom. The molecule has 0 aromatic carbocycles. The predicted molar refractivity (Wildman–Crippen MR) is 68.6 cm³/mol. The molecule has 1 fully saturated rings. The van der Waals surface area contributed by atoms with Gasteiger partial charge in [0.15, 0.2) is 0 Å². The molecule has 1 heterocycles. The first-order valence-electron chi connectivity index (χ1n) is 6.01. The van der Waals surface area contributed by atoms with Crippen LogP contribution in [0.5, 0.6) is 0 Å². The zero-order valence-corrected chi connectivity index (χ0v) is 11.3. The molecule has 1 saturated heterocycles. The van der Waals surface area contributed by atoms with Crippen molar-refractivity contribution in [2.45, 2.75) is 39.8 Å². The van der Waals surface area contributed by atoms with Crippen LogP contribution in [0.2, 0.25) is 0 Å². The summed E-state index contributed by atoms with van der Waals surface area (Å²) >= 11 is 4.45. The van der Waals surface area contributed by atoms with Crippen molar-refractivity contribution in [1.82, 2.24) is 4.90 Å². The van der Waals surface area contributed by atoms with Gasteiger partial charge in [0.25, 0.3) is 0 Å². The van der Waals surface area contributed by atoms with E-state index in [1.54, 1.807) is 0 Å². The van der Waals surface area contributed by atoms with Gasteiger partial charge in [0.05, 0.1) is 12.7 Å². The van der Waals surface area contributed by atoms with Crippen molar-refractivity contribution in [1.29, 1.82) is 0 Å². The fraction of sp³-hybridized carbons (Fsp3) is 1.00. The molecule has 1 rings (SSSR count). The summed E-state index contributed by atoms with van der Waals surface area (Å²) in [6.07, 6.45) is 0.383. The zero-order valence-electron chi connectivity index (χ0n) is 10.4. The molecule has 3 heteroatoms. The van der Waals surface area contributed by atoms with Crippen LogP contribution in [0.25, 0.3) is 0 Å². The summed E-state index contributed by atoms with van der Waals surface area (Å²) in [5.41, 5.74) is 0. The van der Waals surface area contributed by atoms with Gasteiger partial charge in [0.1, 0.15) is 0 Å². The third-order valence-corrected chi connectivity index (χ3v) is 3.85. The van der Waals surface area contributed by atoms with Gasteiger partial charge in [-0.2, -0.15) is 12.6 Å². The molecule has 3 unspecified atom stereocenters. The topological polar surface area (TPSA) is 12.5 Å². The van der Waals surface area contributed by atoms with Crippen LogP contribution in [0.4, 0.5) is 0 Å². The summed E-state index contributed by atoms with van der Waals surface area (Å²) in [4.78, 5) is 2.55. The number of rotatable bonds is 4. The maximum absolute atomic E-state index is 5.64. The van der Waals surface area contributed by atoms with E-state index >= 15 is 0 Å². The number of hydrogen-bond donors (Lipinski definition) is 1. The lowest BCUT2D eigenvalue weighted by Gasteiger charge is -2.39. The van der Waals surface area contributed by atoms with Crippen molar-refractivity contribution in [3.05, 3.63) is 0 Å². The van der Waals surface area contributed by atoms with Gasteiger partial charge in [-0.1, -0.05) is 13.8 Å². The molecule has 0 spiro atoms. The van der Waals surface area contributed by atoms with Gasteiger partial charge in [-0.15, -0.1) is 0 Å². The van der Waals surface area contributed by atoms with Crippen LogP contribution in [0, 0.1) is 11.8 Å². The second kappa shape index (κ2) is 6.12. The molecule has 90 valence electrons. The maximum atomic E-state index is 5.64. The Morgan fingerprint density at radius 2 is 2.07 bits per heavy atom. The Labute approximate surface area is 99.8 Å². The van der Waals surface area contributed by atoms with Crippen LogP contribution in [0.1, 0.15) is 27.7 Å². The van der Waals surface area contributed by atoms with E-state index in [2.05, 4.69) is 45.2 Å². The number of ether oxygens (including phenoxy) is 1. The molecular formula is C12H25NOS. The Morgan fingerprint density at radius 1 is 1.40 bits per heavy atom. The smallest absolute Gasteiger partial charge is 0.0674 e. The number of thiol groups is 1. The molecule has 1 aliphatic heterocycles. The molecule has 0 amide bonds. The summed E-state index contributed by atoms with van der Waals surface area (Å²) in [6.45, 7) is 12.1. The second-order valence-corrected chi connectivity index (χ2v) is 5.50. The Balaban J connectivity index is 2.47. The van der Waals surface area contributed by atoms with Crippen LogP contribution >= 0.6 is 12.6 Å². The molecule has 0 aliphatic carbocycles. The van der Waals surface area contributed by atoms with E-state index in [1.807, 2.05) is 0 Å². The summed E-state index contributed by atoms with van der Waals surface area (Å²) < 4.78 is 5.64. The van der Waals surface area contributed by atoms with Gasteiger partial charge in [-0.25, -0.2) is 0 Å². The molecule has 0 aromatic heterocycles. The van der Waals surface area contributed by atoms with Gasteiger partial charge in [0.2, 0.25) is 0 Å². The molecule has 15 heavy (non-hydrogen) atoms. The van der Waals surface area contributed by atoms with Crippen molar-refractivity contribution in [3.63, 3.8) is 0 Å². The third-order valence-electron chi connectivity index (χ3n) is 3.38. The maximum Gasteiger partial charge on any atom is 0.0674 e. The monoisotopic (exact) mass is 231 g/mol. The number of nitrogens with zero attached hydrogens (tertiary/aromatic N) is 1. The first kappa shape index (κ1) is 13.3. The lowest BCUT2D eigenvalue weighted by Crippen LogP contribution is -2.49. The lowest BCUT2D eigenvalue weighted by atomic mass is 9.96.